The molecule has 3 N–H and O–H groups in total. The Kier molecular flexibility index (Phi) is 12.8. The van der Waals surface area contributed by atoms with Crippen LogP contribution in [0.5, 0.6) is 0 Å². The van der Waals surface area contributed by atoms with Crippen molar-refractivity contribution in [3.63, 3.8) is 0 Å². The van der Waals surface area contributed by atoms with Gasteiger partial charge in [0.1, 0.15) is 0 Å². The molecule has 0 aliphatic heterocycles. The predicted molar refractivity (Wildman–Crippen MR) is 128 cm³/mol. The summed E-state index contributed by atoms with van der Waals surface area (Å²) in [7, 11) is 1.71. The summed E-state index contributed by atoms with van der Waals surface area (Å²) in [6, 6.07) is 14.3. The van der Waals surface area contributed by atoms with Crippen LogP contribution in [0.4, 0.5) is 0 Å². The first-order valence-corrected chi connectivity index (χ1v) is 10.3. The number of carbonyl (C=O) groups is 3. The summed E-state index contributed by atoms with van der Waals surface area (Å²) < 4.78 is 4.94. The quantitative estimate of drug-likeness (QED) is 0.244. The second-order valence-electron chi connectivity index (χ2n) is 8.41. The van der Waals surface area contributed by atoms with E-state index in [2.05, 4.69) is 5.84 Å². The summed E-state index contributed by atoms with van der Waals surface area (Å²) >= 11 is 0. The van der Waals surface area contributed by atoms with Crippen LogP contribution in [0.15, 0.2) is 48.5 Å². The van der Waals surface area contributed by atoms with E-state index in [1.807, 2.05) is 72.7 Å². The minimum Gasteiger partial charge on any atom is -0.379 e. The van der Waals surface area contributed by atoms with E-state index in [9.17, 15) is 9.59 Å². The zero-order valence-corrected chi connectivity index (χ0v) is 20.4. The first-order chi connectivity index (χ1) is 14.9. The van der Waals surface area contributed by atoms with Gasteiger partial charge in [-0.1, -0.05) is 35.4 Å². The van der Waals surface area contributed by atoms with Crippen LogP contribution in [-0.2, 0) is 9.53 Å². The molecule has 3 amide bonds. The largest absolute Gasteiger partial charge is 0.379 e. The van der Waals surface area contributed by atoms with E-state index in [4.69, 9.17) is 9.53 Å². The highest BCUT2D eigenvalue weighted by atomic mass is 16.5. The van der Waals surface area contributed by atoms with Gasteiger partial charge >= 0.3 is 0 Å². The number of nitrogens with one attached hydrogen (secondary N) is 1. The number of amides is 3. The van der Waals surface area contributed by atoms with E-state index >= 15 is 0 Å². The van der Waals surface area contributed by atoms with Gasteiger partial charge in [-0.25, -0.2) is 5.84 Å². The molecule has 0 radical (unpaired) electrons. The molecule has 0 aliphatic rings. The van der Waals surface area contributed by atoms with Crippen molar-refractivity contribution >= 4 is 18.2 Å². The Balaban J connectivity index is 0.000000806. The standard InChI is InChI=1S/C19H21NO2.C5H12O.CH4N2O/c1-13(2)20(18(21)16-9-5-14(3)6-10-16)19(22)17-11-7-15(4)8-12-17;1-5(2,3)6-4;2-3-1-4/h5-13H,1-4H3;1-4H3;1H,2H2,(H,3,4). The Hall–Kier alpha value is -3.03. The number of hydrazine groups is 1. The van der Waals surface area contributed by atoms with Crippen molar-refractivity contribution in [1.29, 1.82) is 0 Å². The minimum atomic E-state index is -0.263. The minimum absolute atomic E-state index is 0.0417. The highest BCUT2D eigenvalue weighted by molar-refractivity contribution is 6.10. The van der Waals surface area contributed by atoms with Crippen LogP contribution in [0.25, 0.3) is 0 Å². The number of benzene rings is 2. The van der Waals surface area contributed by atoms with Crippen LogP contribution >= 0.6 is 0 Å². The average Bonchev–Trinajstić information content (AvgIpc) is 2.74. The van der Waals surface area contributed by atoms with E-state index in [0.717, 1.165) is 11.1 Å². The molecular formula is C25H37N3O4. The van der Waals surface area contributed by atoms with Crippen LogP contribution in [0, 0.1) is 13.8 Å². The molecule has 0 saturated carbocycles. The van der Waals surface area contributed by atoms with Crippen molar-refractivity contribution in [2.24, 2.45) is 5.84 Å². The molecule has 0 aliphatic carbocycles. The Morgan fingerprint density at radius 1 is 0.906 bits per heavy atom. The van der Waals surface area contributed by atoms with Gasteiger partial charge in [-0.05, 0) is 72.7 Å². The van der Waals surface area contributed by atoms with Gasteiger partial charge in [-0.3, -0.25) is 24.7 Å². The fourth-order valence-electron chi connectivity index (χ4n) is 2.23. The van der Waals surface area contributed by atoms with E-state index in [-0.39, 0.29) is 23.5 Å². The summed E-state index contributed by atoms with van der Waals surface area (Å²) in [6.07, 6.45) is 0.403. The van der Waals surface area contributed by atoms with Crippen molar-refractivity contribution in [2.45, 2.75) is 60.1 Å². The number of hydrogen-bond acceptors (Lipinski definition) is 5. The topological polar surface area (TPSA) is 102 Å². The monoisotopic (exact) mass is 443 g/mol. The summed E-state index contributed by atoms with van der Waals surface area (Å²) in [6.45, 7) is 13.7. The van der Waals surface area contributed by atoms with Gasteiger partial charge in [0.15, 0.2) is 0 Å². The fraction of sp³-hybridized carbons (Fsp3) is 0.400. The van der Waals surface area contributed by atoms with Crippen molar-refractivity contribution in [3.05, 3.63) is 70.8 Å². The fourth-order valence-corrected chi connectivity index (χ4v) is 2.23. The van der Waals surface area contributed by atoms with E-state index in [1.165, 1.54) is 4.90 Å². The smallest absolute Gasteiger partial charge is 0.260 e. The lowest BCUT2D eigenvalue weighted by Gasteiger charge is -2.25. The van der Waals surface area contributed by atoms with Gasteiger partial charge in [0, 0.05) is 24.3 Å². The Labute approximate surface area is 191 Å². The van der Waals surface area contributed by atoms with Crippen molar-refractivity contribution in [2.75, 3.05) is 7.11 Å². The molecule has 0 unspecified atom stereocenters. The Bertz CT molecular complexity index is 781. The lowest BCUT2D eigenvalue weighted by atomic mass is 10.1. The number of aryl methyl sites for hydroxylation is 2. The summed E-state index contributed by atoms with van der Waals surface area (Å²) in [5.41, 5.74) is 5.01. The molecule has 0 atom stereocenters. The normalized spacial score (nSPS) is 10.2. The lowest BCUT2D eigenvalue weighted by molar-refractivity contribution is -0.109. The molecule has 0 saturated heterocycles. The number of nitrogens with zero attached hydrogens (tertiary/aromatic N) is 1. The molecule has 0 aromatic heterocycles. The van der Waals surface area contributed by atoms with Crippen LogP contribution in [0.3, 0.4) is 0 Å². The maximum atomic E-state index is 12.7. The Morgan fingerprint density at radius 2 is 1.19 bits per heavy atom. The van der Waals surface area contributed by atoms with E-state index in [0.29, 0.717) is 17.5 Å². The van der Waals surface area contributed by atoms with Gasteiger partial charge in [-0.15, -0.1) is 0 Å². The average molecular weight is 444 g/mol. The number of rotatable bonds is 4. The molecular weight excluding hydrogens is 406 g/mol. The van der Waals surface area contributed by atoms with Crippen molar-refractivity contribution in [1.82, 2.24) is 10.3 Å². The zero-order valence-electron chi connectivity index (χ0n) is 20.4. The molecule has 32 heavy (non-hydrogen) atoms. The SMILES string of the molecule is COC(C)(C)C.Cc1ccc(C(=O)N(C(=O)c2ccc(C)cc2)C(C)C)cc1.NNC=O. The van der Waals surface area contributed by atoms with Gasteiger partial charge in [0.25, 0.3) is 11.8 Å². The number of hydrogen-bond donors (Lipinski definition) is 2. The van der Waals surface area contributed by atoms with E-state index < -0.39 is 0 Å². The Morgan fingerprint density at radius 3 is 1.38 bits per heavy atom. The first kappa shape index (κ1) is 29.0. The van der Waals surface area contributed by atoms with Gasteiger partial charge in [0.2, 0.25) is 6.41 Å². The molecule has 7 nitrogen and oxygen atoms in total. The zero-order chi connectivity index (χ0) is 24.9. The van der Waals surface area contributed by atoms with Crippen LogP contribution in [-0.4, -0.2) is 41.9 Å². The summed E-state index contributed by atoms with van der Waals surface area (Å²) in [4.78, 5) is 35.6. The number of nitrogens with two attached hydrogens (primary N) is 1. The number of carbonyl (C=O) groups excluding carboxylic acids is 3. The van der Waals surface area contributed by atoms with Crippen LogP contribution in [0.1, 0.15) is 66.5 Å². The van der Waals surface area contributed by atoms with Gasteiger partial charge in [-0.2, -0.15) is 0 Å². The van der Waals surface area contributed by atoms with E-state index in [1.54, 1.807) is 36.8 Å². The molecule has 7 heteroatoms. The molecule has 0 bridgehead atoms. The number of methoxy groups -OCH3 is 1. The molecule has 2 aromatic carbocycles. The van der Waals surface area contributed by atoms with Gasteiger partial charge in [0.05, 0.1) is 5.60 Å². The van der Waals surface area contributed by atoms with Gasteiger partial charge < -0.3 is 4.74 Å². The maximum absolute atomic E-state index is 12.7. The number of ether oxygens (including phenoxy) is 1. The van der Waals surface area contributed by atoms with Crippen molar-refractivity contribution < 1.29 is 19.1 Å². The maximum Gasteiger partial charge on any atom is 0.260 e. The molecule has 0 spiro atoms. The first-order valence-electron chi connectivity index (χ1n) is 10.3. The summed E-state index contributed by atoms with van der Waals surface area (Å²) in [5, 5.41) is 0. The lowest BCUT2D eigenvalue weighted by Crippen LogP contribution is -2.42. The third kappa shape index (κ3) is 10.8. The summed E-state index contributed by atoms with van der Waals surface area (Å²) in [5.74, 6) is 3.88. The second kappa shape index (κ2) is 14.1. The molecule has 0 fully saturated rings. The molecule has 2 rings (SSSR count). The second-order valence-corrected chi connectivity index (χ2v) is 8.41. The highest BCUT2D eigenvalue weighted by Gasteiger charge is 2.26. The molecule has 176 valence electrons. The van der Waals surface area contributed by atoms with Crippen LogP contribution in [0.2, 0.25) is 0 Å². The number of imide groups is 1. The predicted octanol–water partition coefficient (Wildman–Crippen LogP) is 4.03. The third-order valence-electron chi connectivity index (χ3n) is 4.23. The van der Waals surface area contributed by atoms with Crippen molar-refractivity contribution in [3.8, 4) is 0 Å². The third-order valence-corrected chi connectivity index (χ3v) is 4.23. The molecule has 2 aromatic rings. The molecule has 0 heterocycles. The van der Waals surface area contributed by atoms with Crippen LogP contribution < -0.4 is 11.3 Å². The highest BCUT2D eigenvalue weighted by Crippen LogP contribution is 2.15.